The highest BCUT2D eigenvalue weighted by Crippen LogP contribution is 2.24. The van der Waals surface area contributed by atoms with Crippen molar-refractivity contribution < 1.29 is 14.3 Å². The van der Waals surface area contributed by atoms with Gasteiger partial charge in [0.1, 0.15) is 5.75 Å². The topological polar surface area (TPSA) is 50.8 Å². The Balaban J connectivity index is 2.03. The molecule has 5 nitrogen and oxygen atoms in total. The number of carbonyl (C=O) groups is 1. The van der Waals surface area contributed by atoms with Gasteiger partial charge < -0.3 is 14.4 Å². The van der Waals surface area contributed by atoms with Crippen LogP contribution in [0.2, 0.25) is 0 Å². The fourth-order valence-corrected chi connectivity index (χ4v) is 2.86. The lowest BCUT2D eigenvalue weighted by atomic mass is 10.1. The molecule has 24 heavy (non-hydrogen) atoms. The number of amides is 1. The van der Waals surface area contributed by atoms with Crippen LogP contribution in [0.1, 0.15) is 30.6 Å². The van der Waals surface area contributed by atoms with Gasteiger partial charge in [-0.25, -0.2) is 0 Å². The van der Waals surface area contributed by atoms with Crippen LogP contribution >= 0.6 is 28.1 Å². The van der Waals surface area contributed by atoms with Gasteiger partial charge in [0, 0.05) is 17.6 Å². The third-order valence-electron chi connectivity index (χ3n) is 3.66. The maximum Gasteiger partial charge on any atom is 0.261 e. The Kier molecular flexibility index (Phi) is 7.45. The molecular weight excluding hydrogens is 392 g/mol. The molecule has 1 saturated heterocycles. The molecule has 0 aliphatic carbocycles. The summed E-state index contributed by atoms with van der Waals surface area (Å²) in [6.07, 6.45) is 0.934. The Bertz CT molecular complexity index is 589. The van der Waals surface area contributed by atoms with Gasteiger partial charge in [0.2, 0.25) is 0 Å². The van der Waals surface area contributed by atoms with Crippen LogP contribution in [0.5, 0.6) is 5.75 Å². The third-order valence-corrected chi connectivity index (χ3v) is 4.51. The molecular formula is C17H23BrN2O3S. The van der Waals surface area contributed by atoms with Gasteiger partial charge in [0.05, 0.1) is 25.4 Å². The van der Waals surface area contributed by atoms with Crippen molar-refractivity contribution in [3.63, 3.8) is 0 Å². The van der Waals surface area contributed by atoms with Gasteiger partial charge in [-0.2, -0.15) is 0 Å². The number of carbonyl (C=O) groups excluding carboxylic acids is 1. The van der Waals surface area contributed by atoms with E-state index in [1.807, 2.05) is 11.0 Å². The molecule has 0 spiro atoms. The number of hydrogen-bond donors (Lipinski definition) is 1. The van der Waals surface area contributed by atoms with Crippen LogP contribution in [-0.2, 0) is 4.74 Å². The molecule has 0 unspecified atom stereocenters. The van der Waals surface area contributed by atoms with Crippen LogP contribution < -0.4 is 10.1 Å². The number of nitrogens with one attached hydrogen (secondary N) is 1. The number of rotatable bonds is 5. The van der Waals surface area contributed by atoms with E-state index < -0.39 is 0 Å². The number of benzene rings is 1. The van der Waals surface area contributed by atoms with Gasteiger partial charge in [-0.15, -0.1) is 0 Å². The Morgan fingerprint density at radius 3 is 2.79 bits per heavy atom. The lowest BCUT2D eigenvalue weighted by Gasteiger charge is -2.29. The average Bonchev–Trinajstić information content (AvgIpc) is 2.56. The van der Waals surface area contributed by atoms with Crippen molar-refractivity contribution in [3.05, 3.63) is 28.2 Å². The lowest BCUT2D eigenvalue weighted by Crippen LogP contribution is -2.47. The molecule has 1 amide bonds. The molecule has 1 aliphatic heterocycles. The Hall–Kier alpha value is -1.18. The van der Waals surface area contributed by atoms with Gasteiger partial charge in [-0.3, -0.25) is 10.1 Å². The highest BCUT2D eigenvalue weighted by Gasteiger charge is 2.19. The van der Waals surface area contributed by atoms with Crippen molar-refractivity contribution in [3.8, 4) is 5.75 Å². The maximum absolute atomic E-state index is 12.6. The number of ether oxygens (including phenoxy) is 2. The highest BCUT2D eigenvalue weighted by molar-refractivity contribution is 9.10. The summed E-state index contributed by atoms with van der Waals surface area (Å²) in [5, 5.41) is 3.22. The molecule has 0 atom stereocenters. The van der Waals surface area contributed by atoms with E-state index in [1.165, 1.54) is 0 Å². The van der Waals surface area contributed by atoms with E-state index in [4.69, 9.17) is 21.7 Å². The minimum absolute atomic E-state index is 0.257. The first kappa shape index (κ1) is 19.1. The second-order valence-corrected chi connectivity index (χ2v) is 7.33. The quantitative estimate of drug-likeness (QED) is 0.749. The maximum atomic E-state index is 12.6. The zero-order valence-electron chi connectivity index (χ0n) is 14.0. The van der Waals surface area contributed by atoms with Gasteiger partial charge in [-0.05, 0) is 42.8 Å². The first-order valence-corrected chi connectivity index (χ1v) is 9.28. The summed E-state index contributed by atoms with van der Waals surface area (Å²) in [5.41, 5.74) is 0.476. The molecule has 1 N–H and O–H groups in total. The summed E-state index contributed by atoms with van der Waals surface area (Å²) in [4.78, 5) is 14.5. The molecule has 1 aromatic rings. The molecule has 0 radical (unpaired) electrons. The number of thiocarbonyl (C=S) groups is 1. The van der Waals surface area contributed by atoms with Crippen LogP contribution in [0, 0.1) is 5.92 Å². The standard InChI is InChI=1S/C17H23BrN2O3S/c1-12(2)5-8-23-15-4-3-13(18)11-14(15)16(21)19-17(24)20-6-9-22-10-7-20/h3-4,11-12H,5-10H2,1-2H3,(H,19,21,24). The van der Waals surface area contributed by atoms with E-state index in [9.17, 15) is 4.79 Å². The second-order valence-electron chi connectivity index (χ2n) is 6.03. The molecule has 132 valence electrons. The minimum Gasteiger partial charge on any atom is -0.493 e. The molecule has 1 fully saturated rings. The smallest absolute Gasteiger partial charge is 0.261 e. The van der Waals surface area contributed by atoms with Gasteiger partial charge in [0.15, 0.2) is 5.11 Å². The van der Waals surface area contributed by atoms with Crippen molar-refractivity contribution >= 4 is 39.2 Å². The zero-order chi connectivity index (χ0) is 17.5. The molecule has 0 aromatic heterocycles. The molecule has 7 heteroatoms. The predicted molar refractivity (Wildman–Crippen MR) is 102 cm³/mol. The van der Waals surface area contributed by atoms with Crippen molar-refractivity contribution in [2.24, 2.45) is 5.92 Å². The fourth-order valence-electron chi connectivity index (χ4n) is 2.22. The van der Waals surface area contributed by atoms with E-state index in [0.29, 0.717) is 55.3 Å². The number of halogens is 1. The van der Waals surface area contributed by atoms with E-state index >= 15 is 0 Å². The van der Waals surface area contributed by atoms with Gasteiger partial charge in [0.25, 0.3) is 5.91 Å². The lowest BCUT2D eigenvalue weighted by molar-refractivity contribution is 0.0669. The minimum atomic E-state index is -0.257. The molecule has 0 bridgehead atoms. The molecule has 1 aliphatic rings. The third kappa shape index (κ3) is 5.72. The van der Waals surface area contributed by atoms with Crippen molar-refractivity contribution in [2.75, 3.05) is 32.9 Å². The van der Waals surface area contributed by atoms with E-state index in [2.05, 4.69) is 35.1 Å². The van der Waals surface area contributed by atoms with Crippen molar-refractivity contribution in [1.82, 2.24) is 10.2 Å². The molecule has 1 aromatic carbocycles. The van der Waals surface area contributed by atoms with Crippen LogP contribution in [0.25, 0.3) is 0 Å². The predicted octanol–water partition coefficient (Wildman–Crippen LogP) is 3.22. The van der Waals surface area contributed by atoms with Crippen LogP contribution in [-0.4, -0.2) is 48.8 Å². The largest absolute Gasteiger partial charge is 0.493 e. The van der Waals surface area contributed by atoms with Crippen LogP contribution in [0.15, 0.2) is 22.7 Å². The van der Waals surface area contributed by atoms with Crippen molar-refractivity contribution in [2.45, 2.75) is 20.3 Å². The molecule has 2 rings (SSSR count). The monoisotopic (exact) mass is 414 g/mol. The van der Waals surface area contributed by atoms with E-state index in [1.54, 1.807) is 12.1 Å². The van der Waals surface area contributed by atoms with Crippen LogP contribution in [0.3, 0.4) is 0 Å². The molecule has 0 saturated carbocycles. The summed E-state index contributed by atoms with van der Waals surface area (Å²) >= 11 is 8.74. The first-order chi connectivity index (χ1) is 11.5. The van der Waals surface area contributed by atoms with E-state index in [0.717, 1.165) is 10.9 Å². The van der Waals surface area contributed by atoms with Gasteiger partial charge >= 0.3 is 0 Å². The Labute approximate surface area is 156 Å². The number of hydrogen-bond acceptors (Lipinski definition) is 4. The Morgan fingerprint density at radius 2 is 2.12 bits per heavy atom. The number of morpholine rings is 1. The first-order valence-electron chi connectivity index (χ1n) is 8.07. The average molecular weight is 415 g/mol. The van der Waals surface area contributed by atoms with Crippen molar-refractivity contribution in [1.29, 1.82) is 0 Å². The van der Waals surface area contributed by atoms with Crippen LogP contribution in [0.4, 0.5) is 0 Å². The zero-order valence-corrected chi connectivity index (χ0v) is 16.4. The molecule has 1 heterocycles. The summed E-state index contributed by atoms with van der Waals surface area (Å²) in [5.74, 6) is 0.861. The second kappa shape index (κ2) is 9.34. The summed E-state index contributed by atoms with van der Waals surface area (Å²) in [7, 11) is 0. The number of nitrogens with zero attached hydrogens (tertiary/aromatic N) is 1. The Morgan fingerprint density at radius 1 is 1.42 bits per heavy atom. The van der Waals surface area contributed by atoms with E-state index in [-0.39, 0.29) is 5.91 Å². The summed E-state index contributed by atoms with van der Waals surface area (Å²) in [6.45, 7) is 7.48. The summed E-state index contributed by atoms with van der Waals surface area (Å²) < 4.78 is 11.9. The summed E-state index contributed by atoms with van der Waals surface area (Å²) in [6, 6.07) is 5.42. The van der Waals surface area contributed by atoms with Gasteiger partial charge in [-0.1, -0.05) is 29.8 Å². The SMILES string of the molecule is CC(C)CCOc1ccc(Br)cc1C(=O)NC(=S)N1CCOCC1. The highest BCUT2D eigenvalue weighted by atomic mass is 79.9. The fraction of sp³-hybridized carbons (Fsp3) is 0.529. The normalized spacial score (nSPS) is 14.6.